The summed E-state index contributed by atoms with van der Waals surface area (Å²) in [4.78, 5) is 50.6. The minimum absolute atomic E-state index is 0.152. The van der Waals surface area contributed by atoms with Gasteiger partial charge in [0.2, 0.25) is 5.91 Å². The van der Waals surface area contributed by atoms with Gasteiger partial charge in [0.15, 0.2) is 0 Å². The number of methoxy groups -OCH3 is 1. The van der Waals surface area contributed by atoms with Gasteiger partial charge >= 0.3 is 0 Å². The van der Waals surface area contributed by atoms with E-state index in [2.05, 4.69) is 16.0 Å². The fourth-order valence-corrected chi connectivity index (χ4v) is 4.76. The molecule has 0 saturated heterocycles. The van der Waals surface area contributed by atoms with Crippen LogP contribution < -0.4 is 20.7 Å². The van der Waals surface area contributed by atoms with Gasteiger partial charge in [-0.25, -0.2) is 0 Å². The third-order valence-electron chi connectivity index (χ3n) is 6.09. The highest BCUT2D eigenvalue weighted by molar-refractivity contribution is 8.00. The first kappa shape index (κ1) is 30.5. The summed E-state index contributed by atoms with van der Waals surface area (Å²) in [5.74, 6) is -0.771. The number of rotatable bonds is 11. The number of carbonyl (C=O) groups is 3. The molecule has 4 aromatic rings. The first-order valence-electron chi connectivity index (χ1n) is 13.1. The molecule has 3 amide bonds. The van der Waals surface area contributed by atoms with E-state index < -0.39 is 22.0 Å². The predicted molar refractivity (Wildman–Crippen MR) is 167 cm³/mol. The van der Waals surface area contributed by atoms with Crippen LogP contribution in [0, 0.1) is 10.1 Å². The minimum atomic E-state index is -0.672. The molecule has 0 bridgehead atoms. The van der Waals surface area contributed by atoms with E-state index in [0.29, 0.717) is 22.7 Å². The molecule has 0 aromatic heterocycles. The average Bonchev–Trinajstić information content (AvgIpc) is 3.02. The second-order valence-corrected chi connectivity index (χ2v) is 10.6. The number of anilines is 2. The molecule has 0 aliphatic heterocycles. The second kappa shape index (κ2) is 14.5. The summed E-state index contributed by atoms with van der Waals surface area (Å²) in [7, 11) is 1.55. The van der Waals surface area contributed by atoms with Crippen molar-refractivity contribution in [2.75, 3.05) is 17.7 Å². The van der Waals surface area contributed by atoms with Gasteiger partial charge in [-0.15, -0.1) is 11.8 Å². The van der Waals surface area contributed by atoms with Crippen molar-refractivity contribution in [1.82, 2.24) is 5.32 Å². The number of nitro benzene ring substituents is 1. The topological polar surface area (TPSA) is 140 Å². The molecule has 1 atom stereocenters. The van der Waals surface area contributed by atoms with Gasteiger partial charge in [-0.05, 0) is 67.6 Å². The molecular formula is C32H28N4O6S. The van der Waals surface area contributed by atoms with E-state index in [1.54, 1.807) is 99.0 Å². The monoisotopic (exact) mass is 596 g/mol. The SMILES string of the molecule is COc1cccc(NC(=O)C(C)Sc2ccc(NC(=O)/C(=C/c3ccccc3[N+](=O)[O-])NC(=O)c3ccccc3)cc2)c1. The van der Waals surface area contributed by atoms with Crippen molar-refractivity contribution >= 4 is 52.6 Å². The molecule has 0 aliphatic rings. The summed E-state index contributed by atoms with van der Waals surface area (Å²) in [5.41, 5.74) is 1.12. The lowest BCUT2D eigenvalue weighted by atomic mass is 10.1. The third kappa shape index (κ3) is 8.54. The maximum atomic E-state index is 13.3. The first-order chi connectivity index (χ1) is 20.7. The number of hydrogen-bond donors (Lipinski definition) is 3. The van der Waals surface area contributed by atoms with Gasteiger partial charge < -0.3 is 20.7 Å². The zero-order valence-corrected chi connectivity index (χ0v) is 24.1. The molecule has 4 rings (SSSR count). The highest BCUT2D eigenvalue weighted by Gasteiger charge is 2.19. The van der Waals surface area contributed by atoms with Crippen molar-refractivity contribution in [3.63, 3.8) is 0 Å². The molecule has 11 heteroatoms. The number of para-hydroxylation sites is 1. The lowest BCUT2D eigenvalue weighted by Gasteiger charge is -2.14. The van der Waals surface area contributed by atoms with Gasteiger partial charge in [-0.3, -0.25) is 24.5 Å². The molecule has 218 valence electrons. The highest BCUT2D eigenvalue weighted by atomic mass is 32.2. The highest BCUT2D eigenvalue weighted by Crippen LogP contribution is 2.27. The van der Waals surface area contributed by atoms with E-state index in [1.165, 1.54) is 36.0 Å². The van der Waals surface area contributed by atoms with E-state index in [0.717, 1.165) is 4.90 Å². The number of nitro groups is 1. The van der Waals surface area contributed by atoms with E-state index in [9.17, 15) is 24.5 Å². The smallest absolute Gasteiger partial charge is 0.276 e. The number of amides is 3. The van der Waals surface area contributed by atoms with Crippen molar-refractivity contribution in [1.29, 1.82) is 0 Å². The van der Waals surface area contributed by atoms with Crippen LogP contribution in [0.1, 0.15) is 22.8 Å². The van der Waals surface area contributed by atoms with E-state index in [1.807, 2.05) is 0 Å². The number of benzene rings is 4. The van der Waals surface area contributed by atoms with Crippen LogP contribution in [-0.2, 0) is 9.59 Å². The predicted octanol–water partition coefficient (Wildman–Crippen LogP) is 6.13. The molecule has 10 nitrogen and oxygen atoms in total. The van der Waals surface area contributed by atoms with Crippen LogP contribution in [-0.4, -0.2) is 35.0 Å². The standard InChI is InChI=1S/C32H28N4O6S/c1-21(30(37)34-25-12-8-13-26(20-25)42-2)43-27-17-15-24(16-18-27)33-32(39)28(35-31(38)22-9-4-3-5-10-22)19-23-11-6-7-14-29(23)36(40)41/h3-21H,1-2H3,(H,33,39)(H,34,37)(H,35,38)/b28-19-. The Kier molecular flexibility index (Phi) is 10.3. The van der Waals surface area contributed by atoms with Crippen molar-refractivity contribution in [3.8, 4) is 5.75 Å². The van der Waals surface area contributed by atoms with Crippen LogP contribution in [0.5, 0.6) is 5.75 Å². The van der Waals surface area contributed by atoms with Gasteiger partial charge in [-0.2, -0.15) is 0 Å². The number of nitrogens with one attached hydrogen (secondary N) is 3. The van der Waals surface area contributed by atoms with Crippen LogP contribution in [0.25, 0.3) is 6.08 Å². The van der Waals surface area contributed by atoms with Crippen molar-refractivity contribution in [3.05, 3.63) is 130 Å². The van der Waals surface area contributed by atoms with Crippen molar-refractivity contribution in [2.45, 2.75) is 17.1 Å². The fourth-order valence-electron chi connectivity index (χ4n) is 3.89. The Morgan fingerprint density at radius 3 is 2.26 bits per heavy atom. The van der Waals surface area contributed by atoms with Gasteiger partial charge in [0.05, 0.1) is 22.8 Å². The van der Waals surface area contributed by atoms with Crippen LogP contribution in [0.15, 0.2) is 114 Å². The Hall–Kier alpha value is -5.42. The molecule has 3 N–H and O–H groups in total. The fraction of sp³-hybridized carbons (Fsp3) is 0.0938. The molecular weight excluding hydrogens is 568 g/mol. The average molecular weight is 597 g/mol. The van der Waals surface area contributed by atoms with Crippen LogP contribution in [0.2, 0.25) is 0 Å². The molecule has 0 aliphatic carbocycles. The maximum Gasteiger partial charge on any atom is 0.276 e. The van der Waals surface area contributed by atoms with Crippen LogP contribution in [0.3, 0.4) is 0 Å². The number of nitrogens with zero attached hydrogens (tertiary/aromatic N) is 1. The van der Waals surface area contributed by atoms with Gasteiger partial charge in [-0.1, -0.05) is 36.4 Å². The van der Waals surface area contributed by atoms with Crippen LogP contribution >= 0.6 is 11.8 Å². The van der Waals surface area contributed by atoms with E-state index >= 15 is 0 Å². The maximum absolute atomic E-state index is 13.3. The molecule has 0 radical (unpaired) electrons. The van der Waals surface area contributed by atoms with E-state index in [4.69, 9.17) is 4.74 Å². The summed E-state index contributed by atoms with van der Waals surface area (Å²) < 4.78 is 5.19. The molecule has 4 aromatic carbocycles. The Morgan fingerprint density at radius 1 is 0.860 bits per heavy atom. The minimum Gasteiger partial charge on any atom is -0.497 e. The lowest BCUT2D eigenvalue weighted by molar-refractivity contribution is -0.385. The number of thioether (sulfide) groups is 1. The normalized spacial score (nSPS) is 11.6. The summed E-state index contributed by atoms with van der Waals surface area (Å²) in [6.07, 6.45) is 1.27. The third-order valence-corrected chi connectivity index (χ3v) is 7.21. The Bertz CT molecular complexity index is 1660. The summed E-state index contributed by atoms with van der Waals surface area (Å²) in [6, 6.07) is 28.1. The second-order valence-electron chi connectivity index (χ2n) is 9.15. The van der Waals surface area contributed by atoms with Crippen molar-refractivity contribution < 1.29 is 24.0 Å². The summed E-state index contributed by atoms with van der Waals surface area (Å²) in [5, 5.41) is 19.3. The van der Waals surface area contributed by atoms with Gasteiger partial charge in [0, 0.05) is 34.0 Å². The van der Waals surface area contributed by atoms with Gasteiger partial charge in [0.25, 0.3) is 17.5 Å². The largest absolute Gasteiger partial charge is 0.497 e. The van der Waals surface area contributed by atoms with E-state index in [-0.39, 0.29) is 22.9 Å². The lowest BCUT2D eigenvalue weighted by Crippen LogP contribution is -2.30. The number of hydrogen-bond acceptors (Lipinski definition) is 7. The first-order valence-corrected chi connectivity index (χ1v) is 14.0. The van der Waals surface area contributed by atoms with Gasteiger partial charge in [0.1, 0.15) is 11.4 Å². The molecule has 43 heavy (non-hydrogen) atoms. The zero-order chi connectivity index (χ0) is 30.8. The zero-order valence-electron chi connectivity index (χ0n) is 23.3. The summed E-state index contributed by atoms with van der Waals surface area (Å²) in [6.45, 7) is 1.78. The molecule has 0 fully saturated rings. The molecule has 0 spiro atoms. The molecule has 1 unspecified atom stereocenters. The molecule has 0 saturated carbocycles. The van der Waals surface area contributed by atoms with Crippen LogP contribution in [0.4, 0.5) is 17.1 Å². The Balaban J connectivity index is 1.47. The van der Waals surface area contributed by atoms with Crippen molar-refractivity contribution in [2.24, 2.45) is 0 Å². The quantitative estimate of drug-likeness (QED) is 0.0819. The Morgan fingerprint density at radius 2 is 1.56 bits per heavy atom. The summed E-state index contributed by atoms with van der Waals surface area (Å²) >= 11 is 1.34. The Labute approximate surface area is 252 Å². The number of ether oxygens (including phenoxy) is 1. The molecule has 0 heterocycles. The number of carbonyl (C=O) groups excluding carboxylic acids is 3.